The van der Waals surface area contributed by atoms with Crippen LogP contribution in [0, 0.1) is 6.92 Å². The molecule has 7 nitrogen and oxygen atoms in total. The minimum Gasteiger partial charge on any atom is -0.466 e. The number of hydrogen-bond acceptors (Lipinski definition) is 7. The van der Waals surface area contributed by atoms with Crippen LogP contribution in [-0.4, -0.2) is 45.4 Å². The number of ether oxygens (including phenoxy) is 3. The van der Waals surface area contributed by atoms with Crippen LogP contribution < -0.4 is 11.1 Å². The van der Waals surface area contributed by atoms with E-state index in [1.165, 1.54) is 7.11 Å². The number of aryl methyl sites for hydroxylation is 1. The molecule has 0 amide bonds. The van der Waals surface area contributed by atoms with Crippen LogP contribution in [0.1, 0.15) is 30.9 Å². The molecule has 7 heteroatoms. The van der Waals surface area contributed by atoms with Crippen molar-refractivity contribution >= 4 is 11.9 Å². The van der Waals surface area contributed by atoms with Crippen molar-refractivity contribution in [1.82, 2.24) is 5.32 Å². The third kappa shape index (κ3) is 4.61. The van der Waals surface area contributed by atoms with Crippen molar-refractivity contribution in [2.24, 2.45) is 5.73 Å². The van der Waals surface area contributed by atoms with Gasteiger partial charge in [-0.05, 0) is 31.9 Å². The van der Waals surface area contributed by atoms with E-state index in [4.69, 9.17) is 19.9 Å². The first-order valence-electron chi connectivity index (χ1n) is 9.25. The maximum Gasteiger partial charge on any atom is 0.336 e. The summed E-state index contributed by atoms with van der Waals surface area (Å²) in [6, 6.07) is 7.63. The van der Waals surface area contributed by atoms with E-state index in [9.17, 15) is 9.59 Å². The van der Waals surface area contributed by atoms with Gasteiger partial charge in [0.2, 0.25) is 0 Å². The lowest BCUT2D eigenvalue weighted by molar-refractivity contribution is -0.139. The number of nitrogens with two attached hydrogens (primary N) is 1. The van der Waals surface area contributed by atoms with Crippen molar-refractivity contribution in [2.75, 3.05) is 33.5 Å². The molecule has 0 saturated heterocycles. The third-order valence-electron chi connectivity index (χ3n) is 4.55. The van der Waals surface area contributed by atoms with E-state index in [-0.39, 0.29) is 13.2 Å². The van der Waals surface area contributed by atoms with Crippen molar-refractivity contribution in [2.45, 2.75) is 26.7 Å². The van der Waals surface area contributed by atoms with Crippen molar-refractivity contribution in [1.29, 1.82) is 0 Å². The zero-order valence-corrected chi connectivity index (χ0v) is 16.8. The lowest BCUT2D eigenvalue weighted by Gasteiger charge is -2.32. The number of carbonyl (C=O) groups excluding carboxylic acids is 2. The van der Waals surface area contributed by atoms with E-state index in [0.717, 1.165) is 11.1 Å². The second-order valence-corrected chi connectivity index (χ2v) is 6.40. The van der Waals surface area contributed by atoms with Gasteiger partial charge in [0.05, 0.1) is 49.7 Å². The first-order chi connectivity index (χ1) is 13.5. The number of carbonyl (C=O) groups is 2. The van der Waals surface area contributed by atoms with E-state index in [1.807, 2.05) is 31.2 Å². The van der Waals surface area contributed by atoms with Crippen LogP contribution in [0.3, 0.4) is 0 Å². The summed E-state index contributed by atoms with van der Waals surface area (Å²) in [6.45, 7) is 6.55. The number of esters is 2. The molecule has 2 rings (SSSR count). The molecular formula is C21H28N2O5. The smallest absolute Gasteiger partial charge is 0.336 e. The number of dihydropyridines is 1. The number of rotatable bonds is 8. The summed E-state index contributed by atoms with van der Waals surface area (Å²) in [6.07, 6.45) is 0. The highest BCUT2D eigenvalue weighted by Gasteiger charge is 2.39. The van der Waals surface area contributed by atoms with Gasteiger partial charge < -0.3 is 25.3 Å². The van der Waals surface area contributed by atoms with E-state index < -0.39 is 17.9 Å². The van der Waals surface area contributed by atoms with E-state index in [0.29, 0.717) is 35.7 Å². The quantitative estimate of drug-likeness (QED) is 0.518. The predicted octanol–water partition coefficient (Wildman–Crippen LogP) is 1.92. The minimum absolute atomic E-state index is 0.152. The molecule has 28 heavy (non-hydrogen) atoms. The molecule has 1 aliphatic rings. The third-order valence-corrected chi connectivity index (χ3v) is 4.55. The summed E-state index contributed by atoms with van der Waals surface area (Å²) >= 11 is 0. The molecule has 0 bridgehead atoms. The molecule has 1 aliphatic heterocycles. The van der Waals surface area contributed by atoms with Crippen LogP contribution in [0.2, 0.25) is 0 Å². The van der Waals surface area contributed by atoms with Crippen molar-refractivity contribution < 1.29 is 23.8 Å². The Labute approximate surface area is 165 Å². The molecule has 0 saturated carbocycles. The molecule has 1 heterocycles. The van der Waals surface area contributed by atoms with Crippen molar-refractivity contribution in [3.05, 3.63) is 57.9 Å². The summed E-state index contributed by atoms with van der Waals surface area (Å²) < 4.78 is 15.9. The number of benzene rings is 1. The van der Waals surface area contributed by atoms with Gasteiger partial charge in [-0.1, -0.05) is 24.3 Å². The predicted molar refractivity (Wildman–Crippen MR) is 105 cm³/mol. The second kappa shape index (κ2) is 10.1. The highest BCUT2D eigenvalue weighted by molar-refractivity contribution is 6.00. The van der Waals surface area contributed by atoms with Crippen LogP contribution in [0.25, 0.3) is 0 Å². The molecule has 3 N–H and O–H groups in total. The molecule has 1 aromatic rings. The lowest BCUT2D eigenvalue weighted by Crippen LogP contribution is -2.35. The van der Waals surface area contributed by atoms with Gasteiger partial charge in [0.15, 0.2) is 0 Å². The molecule has 152 valence electrons. The Kier molecular flexibility index (Phi) is 7.78. The molecular weight excluding hydrogens is 360 g/mol. The van der Waals surface area contributed by atoms with Crippen molar-refractivity contribution in [3.63, 3.8) is 0 Å². The summed E-state index contributed by atoms with van der Waals surface area (Å²) in [4.78, 5) is 25.5. The zero-order chi connectivity index (χ0) is 20.7. The van der Waals surface area contributed by atoms with Crippen LogP contribution >= 0.6 is 0 Å². The molecule has 1 atom stereocenters. The van der Waals surface area contributed by atoms with Crippen molar-refractivity contribution in [3.8, 4) is 0 Å². The SMILES string of the molecule is CCOC(=O)C1=C(COCCN)NC(C)=C(C(=O)OC)[C@@H]1c1ccccc1C. The number of methoxy groups -OCH3 is 1. The Morgan fingerprint density at radius 2 is 1.86 bits per heavy atom. The number of nitrogens with one attached hydrogen (secondary N) is 1. The fraction of sp³-hybridized carbons (Fsp3) is 0.429. The Morgan fingerprint density at radius 3 is 2.46 bits per heavy atom. The van der Waals surface area contributed by atoms with Gasteiger partial charge in [-0.15, -0.1) is 0 Å². The normalized spacial score (nSPS) is 16.7. The van der Waals surface area contributed by atoms with Crippen LogP contribution in [-0.2, 0) is 23.8 Å². The second-order valence-electron chi connectivity index (χ2n) is 6.40. The lowest BCUT2D eigenvalue weighted by atomic mass is 9.78. The van der Waals surface area contributed by atoms with Gasteiger partial charge in [0.25, 0.3) is 0 Å². The summed E-state index contributed by atoms with van der Waals surface area (Å²) in [5.41, 5.74) is 9.19. The fourth-order valence-electron chi connectivity index (χ4n) is 3.32. The summed E-state index contributed by atoms with van der Waals surface area (Å²) in [7, 11) is 1.32. The maximum absolute atomic E-state index is 12.9. The molecule has 0 unspecified atom stereocenters. The minimum atomic E-state index is -0.620. The molecule has 0 fully saturated rings. The largest absolute Gasteiger partial charge is 0.466 e. The maximum atomic E-state index is 12.9. The topological polar surface area (TPSA) is 99.9 Å². The van der Waals surface area contributed by atoms with Gasteiger partial charge >= 0.3 is 11.9 Å². The number of allylic oxidation sites excluding steroid dienone is 1. The fourth-order valence-corrected chi connectivity index (χ4v) is 3.32. The average Bonchev–Trinajstić information content (AvgIpc) is 2.67. The van der Waals surface area contributed by atoms with Gasteiger partial charge in [-0.3, -0.25) is 0 Å². The standard InChI is InChI=1S/C21H28N2O5/c1-5-28-21(25)19-16(12-27-11-10-22)23-14(3)17(20(24)26-4)18(19)15-9-7-6-8-13(15)2/h6-9,18,23H,5,10-12,22H2,1-4H3/t18-/m0/s1. The summed E-state index contributed by atoms with van der Waals surface area (Å²) in [5.74, 6) is -1.61. The Balaban J connectivity index is 2.67. The first-order valence-corrected chi connectivity index (χ1v) is 9.25. The van der Waals surface area contributed by atoms with E-state index in [1.54, 1.807) is 13.8 Å². The highest BCUT2D eigenvalue weighted by Crippen LogP contribution is 2.40. The average molecular weight is 388 g/mol. The van der Waals surface area contributed by atoms with E-state index >= 15 is 0 Å². The van der Waals surface area contributed by atoms with Crippen LogP contribution in [0.4, 0.5) is 0 Å². The molecule has 1 aromatic carbocycles. The Hall–Kier alpha value is -2.64. The first kappa shape index (κ1) is 21.7. The van der Waals surface area contributed by atoms with Crippen LogP contribution in [0.15, 0.2) is 46.8 Å². The summed E-state index contributed by atoms with van der Waals surface area (Å²) in [5, 5.41) is 3.14. The van der Waals surface area contributed by atoms with Crippen LogP contribution in [0.5, 0.6) is 0 Å². The Morgan fingerprint density at radius 1 is 1.14 bits per heavy atom. The van der Waals surface area contributed by atoms with Gasteiger partial charge in [0, 0.05) is 12.2 Å². The Bertz CT molecular complexity index is 798. The zero-order valence-electron chi connectivity index (χ0n) is 16.8. The molecule has 0 radical (unpaired) electrons. The molecule has 0 aliphatic carbocycles. The van der Waals surface area contributed by atoms with Gasteiger partial charge in [-0.25, -0.2) is 9.59 Å². The van der Waals surface area contributed by atoms with Gasteiger partial charge in [0.1, 0.15) is 0 Å². The van der Waals surface area contributed by atoms with E-state index in [2.05, 4.69) is 5.32 Å². The van der Waals surface area contributed by atoms with Gasteiger partial charge in [-0.2, -0.15) is 0 Å². The molecule has 0 spiro atoms. The monoisotopic (exact) mass is 388 g/mol. The highest BCUT2D eigenvalue weighted by atomic mass is 16.5. The number of hydrogen-bond donors (Lipinski definition) is 2. The molecule has 0 aromatic heterocycles.